The number of carbonyl (C=O) groups excluding carboxylic acids is 2. The number of hydrogen-bond donors (Lipinski definition) is 0. The van der Waals surface area contributed by atoms with Crippen molar-refractivity contribution in [2.45, 2.75) is 25.4 Å². The number of carbonyl (C=O) groups is 2. The Balaban J connectivity index is 1.50. The van der Waals surface area contributed by atoms with Crippen molar-refractivity contribution < 1.29 is 23.1 Å². The van der Waals surface area contributed by atoms with Crippen molar-refractivity contribution in [3.05, 3.63) is 35.4 Å². The van der Waals surface area contributed by atoms with Crippen LogP contribution in [0.25, 0.3) is 0 Å². The zero-order valence-electron chi connectivity index (χ0n) is 14.5. The van der Waals surface area contributed by atoms with Gasteiger partial charge in [-0.05, 0) is 18.9 Å². The molecule has 1 aromatic rings. The molecule has 1 saturated heterocycles. The van der Waals surface area contributed by atoms with E-state index in [0.29, 0.717) is 31.9 Å². The van der Waals surface area contributed by atoms with Gasteiger partial charge in [-0.25, -0.2) is 8.78 Å². The number of hydrogen-bond acceptors (Lipinski definition) is 4. The van der Waals surface area contributed by atoms with Crippen molar-refractivity contribution in [1.29, 1.82) is 0 Å². The van der Waals surface area contributed by atoms with E-state index in [2.05, 4.69) is 0 Å². The molecule has 0 radical (unpaired) electrons. The molecule has 1 saturated carbocycles. The van der Waals surface area contributed by atoms with Crippen LogP contribution >= 0.6 is 11.8 Å². The van der Waals surface area contributed by atoms with Crippen molar-refractivity contribution in [1.82, 2.24) is 9.80 Å². The second-order valence-corrected chi connectivity index (χ2v) is 7.46. The Morgan fingerprint density at radius 3 is 2.58 bits per heavy atom. The van der Waals surface area contributed by atoms with Gasteiger partial charge >= 0.3 is 0 Å². The van der Waals surface area contributed by atoms with Crippen molar-refractivity contribution >= 4 is 23.6 Å². The Labute approximate surface area is 155 Å². The van der Waals surface area contributed by atoms with Crippen LogP contribution < -0.4 is 0 Å². The Hall–Kier alpha value is -1.67. The molecule has 0 N–H and O–H groups in total. The lowest BCUT2D eigenvalue weighted by molar-refractivity contribution is -0.132. The fraction of sp³-hybridized carbons (Fsp3) is 0.556. The highest BCUT2D eigenvalue weighted by Crippen LogP contribution is 2.29. The maximum absolute atomic E-state index is 13.9. The molecular weight excluding hydrogens is 362 g/mol. The van der Waals surface area contributed by atoms with Crippen LogP contribution in [-0.4, -0.2) is 65.5 Å². The molecular formula is C18H22F2N2O3S. The summed E-state index contributed by atoms with van der Waals surface area (Å²) < 4.78 is 32.1. The summed E-state index contributed by atoms with van der Waals surface area (Å²) in [5, 5.41) is 0. The Morgan fingerprint density at radius 1 is 1.19 bits per heavy atom. The lowest BCUT2D eigenvalue weighted by atomic mass is 10.2. The summed E-state index contributed by atoms with van der Waals surface area (Å²) in [7, 11) is 0. The average molecular weight is 384 g/mol. The third-order valence-electron chi connectivity index (χ3n) is 4.48. The smallest absolute Gasteiger partial charge is 0.233 e. The van der Waals surface area contributed by atoms with Gasteiger partial charge in [0, 0.05) is 37.3 Å². The van der Waals surface area contributed by atoms with Gasteiger partial charge in [-0.15, -0.1) is 11.8 Å². The minimum atomic E-state index is -0.640. The molecule has 1 aromatic carbocycles. The molecule has 0 atom stereocenters. The zero-order chi connectivity index (χ0) is 18.5. The minimum absolute atomic E-state index is 0.00801. The minimum Gasteiger partial charge on any atom is -0.378 e. The molecule has 0 bridgehead atoms. The summed E-state index contributed by atoms with van der Waals surface area (Å²) in [6, 6.07) is 3.52. The summed E-state index contributed by atoms with van der Waals surface area (Å²) in [4.78, 5) is 28.0. The molecule has 0 unspecified atom stereocenters. The van der Waals surface area contributed by atoms with E-state index < -0.39 is 11.6 Å². The quantitative estimate of drug-likeness (QED) is 0.722. The first-order valence-electron chi connectivity index (χ1n) is 8.71. The van der Waals surface area contributed by atoms with Crippen molar-refractivity contribution in [3.63, 3.8) is 0 Å². The monoisotopic (exact) mass is 384 g/mol. The Bertz CT molecular complexity index is 664. The van der Waals surface area contributed by atoms with Crippen molar-refractivity contribution in [2.75, 3.05) is 37.8 Å². The lowest BCUT2D eigenvalue weighted by Gasteiger charge is -2.27. The zero-order valence-corrected chi connectivity index (χ0v) is 15.3. The van der Waals surface area contributed by atoms with Gasteiger partial charge in [-0.2, -0.15) is 0 Å². The predicted octanol–water partition coefficient (Wildman–Crippen LogP) is 2.05. The van der Waals surface area contributed by atoms with E-state index in [4.69, 9.17) is 4.74 Å². The molecule has 8 heteroatoms. The topological polar surface area (TPSA) is 49.9 Å². The highest BCUT2D eigenvalue weighted by atomic mass is 32.2. The van der Waals surface area contributed by atoms with Gasteiger partial charge in [0.25, 0.3) is 0 Å². The summed E-state index contributed by atoms with van der Waals surface area (Å²) >= 11 is 1.28. The van der Waals surface area contributed by atoms with E-state index in [1.807, 2.05) is 0 Å². The highest BCUT2D eigenvalue weighted by Gasteiger charge is 2.33. The molecule has 2 fully saturated rings. The highest BCUT2D eigenvalue weighted by molar-refractivity contribution is 8.00. The molecule has 0 spiro atoms. The molecule has 26 heavy (non-hydrogen) atoms. The van der Waals surface area contributed by atoms with Crippen LogP contribution in [-0.2, 0) is 20.9 Å². The normalized spacial score (nSPS) is 17.2. The number of thioether (sulfide) groups is 1. The number of nitrogens with zero attached hydrogens (tertiary/aromatic N) is 2. The van der Waals surface area contributed by atoms with Gasteiger partial charge in [-0.1, -0.05) is 6.07 Å². The molecule has 5 nitrogen and oxygen atoms in total. The van der Waals surface area contributed by atoms with Crippen LogP contribution in [0.2, 0.25) is 0 Å². The van der Waals surface area contributed by atoms with E-state index in [1.54, 1.807) is 9.80 Å². The van der Waals surface area contributed by atoms with Crippen LogP contribution in [0.3, 0.4) is 0 Å². The molecule has 2 aliphatic rings. The Kier molecular flexibility index (Phi) is 6.48. The van der Waals surface area contributed by atoms with Gasteiger partial charge < -0.3 is 14.5 Å². The lowest BCUT2D eigenvalue weighted by Crippen LogP contribution is -2.42. The first kappa shape index (κ1) is 19.1. The standard InChI is InChI=1S/C18H22F2N2O3S/c19-14-2-1-13(16(20)9-14)10-22(15-3-4-15)18(24)12-26-11-17(23)21-5-7-25-8-6-21/h1-2,9,15H,3-8,10-12H2. The molecule has 1 aliphatic carbocycles. The molecule has 1 heterocycles. The summed E-state index contributed by atoms with van der Waals surface area (Å²) in [5.41, 5.74) is 0.307. The van der Waals surface area contributed by atoms with E-state index in [9.17, 15) is 18.4 Å². The number of rotatable bonds is 7. The predicted molar refractivity (Wildman–Crippen MR) is 94.7 cm³/mol. The number of amides is 2. The van der Waals surface area contributed by atoms with Crippen molar-refractivity contribution in [2.24, 2.45) is 0 Å². The van der Waals surface area contributed by atoms with E-state index in [1.165, 1.54) is 23.9 Å². The fourth-order valence-corrected chi connectivity index (χ4v) is 3.65. The van der Waals surface area contributed by atoms with E-state index in [0.717, 1.165) is 18.9 Å². The first-order valence-corrected chi connectivity index (χ1v) is 9.86. The largest absolute Gasteiger partial charge is 0.378 e. The molecule has 2 amide bonds. The summed E-state index contributed by atoms with van der Waals surface area (Å²) in [6.07, 6.45) is 1.79. The third kappa shape index (κ3) is 5.17. The average Bonchev–Trinajstić information content (AvgIpc) is 3.46. The maximum atomic E-state index is 13.9. The van der Waals surface area contributed by atoms with Crippen LogP contribution in [0.1, 0.15) is 18.4 Å². The Morgan fingerprint density at radius 2 is 1.92 bits per heavy atom. The van der Waals surface area contributed by atoms with Gasteiger partial charge in [0.05, 0.1) is 24.7 Å². The SMILES string of the molecule is O=C(CSCC(=O)N(Cc1ccc(F)cc1F)C1CC1)N1CCOCC1. The second kappa shape index (κ2) is 8.81. The summed E-state index contributed by atoms with van der Waals surface area (Å²) in [5.74, 6) is -0.958. The number of ether oxygens (including phenoxy) is 1. The van der Waals surface area contributed by atoms with Crippen LogP contribution in [0, 0.1) is 11.6 Å². The molecule has 142 valence electrons. The maximum Gasteiger partial charge on any atom is 0.233 e. The van der Waals surface area contributed by atoms with Crippen LogP contribution in [0.5, 0.6) is 0 Å². The van der Waals surface area contributed by atoms with Crippen LogP contribution in [0.4, 0.5) is 8.78 Å². The van der Waals surface area contributed by atoms with Gasteiger partial charge in [0.1, 0.15) is 11.6 Å². The first-order chi connectivity index (χ1) is 12.5. The van der Waals surface area contributed by atoms with Gasteiger partial charge in [0.2, 0.25) is 11.8 Å². The van der Waals surface area contributed by atoms with Crippen molar-refractivity contribution in [3.8, 4) is 0 Å². The molecule has 0 aromatic heterocycles. The molecule has 3 rings (SSSR count). The van der Waals surface area contributed by atoms with Gasteiger partial charge in [-0.3, -0.25) is 9.59 Å². The van der Waals surface area contributed by atoms with E-state index >= 15 is 0 Å². The third-order valence-corrected chi connectivity index (χ3v) is 5.38. The van der Waals surface area contributed by atoms with Crippen LogP contribution in [0.15, 0.2) is 18.2 Å². The second-order valence-electron chi connectivity index (χ2n) is 6.47. The molecule has 1 aliphatic heterocycles. The number of halogens is 2. The number of benzene rings is 1. The number of morpholine rings is 1. The van der Waals surface area contributed by atoms with E-state index in [-0.39, 0.29) is 35.9 Å². The van der Waals surface area contributed by atoms with Gasteiger partial charge in [0.15, 0.2) is 0 Å². The summed E-state index contributed by atoms with van der Waals surface area (Å²) in [6.45, 7) is 2.41. The fourth-order valence-electron chi connectivity index (χ4n) is 2.85.